The van der Waals surface area contributed by atoms with Gasteiger partial charge in [-0.05, 0) is 38.0 Å². The summed E-state index contributed by atoms with van der Waals surface area (Å²) >= 11 is 0. The maximum atomic E-state index is 9.49. The SMILES string of the molecule is CCC1CCC(N2CC[C@H](O)C2)CC1. The van der Waals surface area contributed by atoms with Crippen molar-refractivity contribution in [3.63, 3.8) is 0 Å². The zero-order chi connectivity index (χ0) is 9.97. The van der Waals surface area contributed by atoms with Gasteiger partial charge in [0.1, 0.15) is 0 Å². The zero-order valence-corrected chi connectivity index (χ0v) is 9.28. The van der Waals surface area contributed by atoms with Gasteiger partial charge >= 0.3 is 0 Å². The van der Waals surface area contributed by atoms with E-state index < -0.39 is 0 Å². The topological polar surface area (TPSA) is 23.5 Å². The zero-order valence-electron chi connectivity index (χ0n) is 9.28. The van der Waals surface area contributed by atoms with Crippen molar-refractivity contribution >= 4 is 0 Å². The predicted octanol–water partition coefficient (Wildman–Crippen LogP) is 2.02. The van der Waals surface area contributed by atoms with Gasteiger partial charge in [0.15, 0.2) is 0 Å². The van der Waals surface area contributed by atoms with Crippen LogP contribution in [0.4, 0.5) is 0 Å². The van der Waals surface area contributed by atoms with Crippen LogP contribution in [0, 0.1) is 5.92 Å². The van der Waals surface area contributed by atoms with Crippen LogP contribution in [0.15, 0.2) is 0 Å². The Balaban J connectivity index is 1.78. The largest absolute Gasteiger partial charge is 0.392 e. The van der Waals surface area contributed by atoms with Crippen LogP contribution in [0.5, 0.6) is 0 Å². The Hall–Kier alpha value is -0.0800. The molecule has 0 unspecified atom stereocenters. The summed E-state index contributed by atoms with van der Waals surface area (Å²) in [6.45, 7) is 4.37. The van der Waals surface area contributed by atoms with Gasteiger partial charge in [-0.3, -0.25) is 4.90 Å². The van der Waals surface area contributed by atoms with Crippen molar-refractivity contribution in [1.82, 2.24) is 4.90 Å². The summed E-state index contributed by atoms with van der Waals surface area (Å²) in [5.41, 5.74) is 0. The average molecular weight is 197 g/mol. The summed E-state index contributed by atoms with van der Waals surface area (Å²) in [7, 11) is 0. The maximum absolute atomic E-state index is 9.49. The number of hydrogen-bond acceptors (Lipinski definition) is 2. The first-order chi connectivity index (χ1) is 6.79. The van der Waals surface area contributed by atoms with Gasteiger partial charge in [0, 0.05) is 19.1 Å². The molecule has 0 amide bonds. The summed E-state index contributed by atoms with van der Waals surface area (Å²) in [5, 5.41) is 9.49. The summed E-state index contributed by atoms with van der Waals surface area (Å²) in [5.74, 6) is 0.985. The highest BCUT2D eigenvalue weighted by atomic mass is 16.3. The Kier molecular flexibility index (Phi) is 3.45. The lowest BCUT2D eigenvalue weighted by atomic mass is 9.84. The molecule has 1 atom stereocenters. The molecule has 1 N–H and O–H groups in total. The quantitative estimate of drug-likeness (QED) is 0.732. The maximum Gasteiger partial charge on any atom is 0.0679 e. The van der Waals surface area contributed by atoms with Crippen LogP contribution in [0.2, 0.25) is 0 Å². The van der Waals surface area contributed by atoms with Crippen LogP contribution in [-0.4, -0.2) is 35.2 Å². The third-order valence-electron chi connectivity index (χ3n) is 4.10. The second-order valence-corrected chi connectivity index (χ2v) is 5.02. The fourth-order valence-corrected chi connectivity index (χ4v) is 3.02. The minimum Gasteiger partial charge on any atom is -0.392 e. The molecule has 2 aliphatic rings. The highest BCUT2D eigenvalue weighted by Crippen LogP contribution is 2.30. The van der Waals surface area contributed by atoms with E-state index in [0.29, 0.717) is 0 Å². The molecule has 1 aliphatic heterocycles. The fourth-order valence-electron chi connectivity index (χ4n) is 3.02. The average Bonchev–Trinajstić information content (AvgIpc) is 2.65. The molecule has 2 rings (SSSR count). The number of rotatable bonds is 2. The van der Waals surface area contributed by atoms with Gasteiger partial charge in [-0.15, -0.1) is 0 Å². The highest BCUT2D eigenvalue weighted by molar-refractivity contribution is 4.84. The number of likely N-dealkylation sites (tertiary alicyclic amines) is 1. The Labute approximate surface area is 87.3 Å². The molecular formula is C12H23NO. The summed E-state index contributed by atoms with van der Waals surface area (Å²) in [4.78, 5) is 2.51. The van der Waals surface area contributed by atoms with Crippen molar-refractivity contribution in [1.29, 1.82) is 0 Å². The van der Waals surface area contributed by atoms with E-state index in [1.807, 2.05) is 0 Å². The normalized spacial score (nSPS) is 40.3. The van der Waals surface area contributed by atoms with Crippen LogP contribution in [0.1, 0.15) is 45.4 Å². The minimum atomic E-state index is -0.0427. The van der Waals surface area contributed by atoms with E-state index in [2.05, 4.69) is 11.8 Å². The Morgan fingerprint density at radius 3 is 2.36 bits per heavy atom. The van der Waals surface area contributed by atoms with Crippen LogP contribution in [0.3, 0.4) is 0 Å². The molecule has 2 nitrogen and oxygen atoms in total. The van der Waals surface area contributed by atoms with Gasteiger partial charge in [-0.1, -0.05) is 13.3 Å². The molecule has 82 valence electrons. The Morgan fingerprint density at radius 2 is 1.86 bits per heavy atom. The minimum absolute atomic E-state index is 0.0427. The van der Waals surface area contributed by atoms with Crippen molar-refractivity contribution in [3.8, 4) is 0 Å². The summed E-state index contributed by atoms with van der Waals surface area (Å²) < 4.78 is 0. The molecule has 2 fully saturated rings. The van der Waals surface area contributed by atoms with Crippen molar-refractivity contribution in [2.24, 2.45) is 5.92 Å². The van der Waals surface area contributed by atoms with Crippen LogP contribution >= 0.6 is 0 Å². The molecule has 14 heavy (non-hydrogen) atoms. The van der Waals surface area contributed by atoms with E-state index >= 15 is 0 Å². The third kappa shape index (κ3) is 2.29. The first-order valence-electron chi connectivity index (χ1n) is 6.21. The number of nitrogens with zero attached hydrogens (tertiary/aromatic N) is 1. The van der Waals surface area contributed by atoms with Gasteiger partial charge < -0.3 is 5.11 Å². The monoisotopic (exact) mass is 197 g/mol. The molecule has 0 aromatic heterocycles. The molecule has 1 saturated carbocycles. The smallest absolute Gasteiger partial charge is 0.0679 e. The molecule has 0 radical (unpaired) electrons. The van der Waals surface area contributed by atoms with Gasteiger partial charge in [-0.2, -0.15) is 0 Å². The summed E-state index contributed by atoms with van der Waals surface area (Å²) in [6, 6.07) is 0.787. The Morgan fingerprint density at radius 1 is 1.14 bits per heavy atom. The standard InChI is InChI=1S/C12H23NO/c1-2-10-3-5-11(6-4-10)13-8-7-12(14)9-13/h10-12,14H,2-9H2,1H3/t10?,11?,12-/m0/s1. The second-order valence-electron chi connectivity index (χ2n) is 5.02. The Bertz CT molecular complexity index is 175. The van der Waals surface area contributed by atoms with Crippen molar-refractivity contribution in [2.45, 2.75) is 57.6 Å². The second kappa shape index (κ2) is 4.63. The lowest BCUT2D eigenvalue weighted by molar-refractivity contribution is 0.129. The molecule has 0 aromatic rings. The molecule has 1 aliphatic carbocycles. The first kappa shape index (κ1) is 10.4. The fraction of sp³-hybridized carbons (Fsp3) is 1.00. The van der Waals surface area contributed by atoms with E-state index in [4.69, 9.17) is 0 Å². The molecule has 1 heterocycles. The van der Waals surface area contributed by atoms with Crippen LogP contribution < -0.4 is 0 Å². The van der Waals surface area contributed by atoms with Crippen molar-refractivity contribution in [3.05, 3.63) is 0 Å². The van der Waals surface area contributed by atoms with E-state index in [1.165, 1.54) is 32.1 Å². The van der Waals surface area contributed by atoms with E-state index in [1.54, 1.807) is 0 Å². The van der Waals surface area contributed by atoms with Gasteiger partial charge in [0.05, 0.1) is 6.10 Å². The van der Waals surface area contributed by atoms with Gasteiger partial charge in [0.2, 0.25) is 0 Å². The van der Waals surface area contributed by atoms with Crippen molar-refractivity contribution < 1.29 is 5.11 Å². The van der Waals surface area contributed by atoms with Crippen LogP contribution in [-0.2, 0) is 0 Å². The van der Waals surface area contributed by atoms with Crippen LogP contribution in [0.25, 0.3) is 0 Å². The van der Waals surface area contributed by atoms with E-state index in [0.717, 1.165) is 31.5 Å². The lowest BCUT2D eigenvalue weighted by Crippen LogP contribution is -2.36. The predicted molar refractivity (Wildman–Crippen MR) is 58.2 cm³/mol. The van der Waals surface area contributed by atoms with E-state index in [-0.39, 0.29) is 6.10 Å². The molecule has 0 spiro atoms. The molecule has 2 heteroatoms. The molecule has 0 aromatic carbocycles. The summed E-state index contributed by atoms with van der Waals surface area (Å²) in [6.07, 6.45) is 7.86. The number of aliphatic hydroxyl groups is 1. The number of aliphatic hydroxyl groups excluding tert-OH is 1. The third-order valence-corrected chi connectivity index (χ3v) is 4.10. The molecule has 0 bridgehead atoms. The number of hydrogen-bond donors (Lipinski definition) is 1. The van der Waals surface area contributed by atoms with E-state index in [9.17, 15) is 5.11 Å². The number of β-amino-alcohol motifs (C(OH)–C–C–N with tert-alkyl or cyclic N) is 1. The molecular weight excluding hydrogens is 174 g/mol. The molecule has 1 saturated heterocycles. The highest BCUT2D eigenvalue weighted by Gasteiger charge is 2.29. The van der Waals surface area contributed by atoms with Gasteiger partial charge in [-0.25, -0.2) is 0 Å². The van der Waals surface area contributed by atoms with Gasteiger partial charge in [0.25, 0.3) is 0 Å². The van der Waals surface area contributed by atoms with Crippen molar-refractivity contribution in [2.75, 3.05) is 13.1 Å². The first-order valence-corrected chi connectivity index (χ1v) is 6.21. The lowest BCUT2D eigenvalue weighted by Gasteiger charge is -2.34.